The lowest BCUT2D eigenvalue weighted by atomic mass is 9.88. The van der Waals surface area contributed by atoms with E-state index in [9.17, 15) is 24.6 Å². The summed E-state index contributed by atoms with van der Waals surface area (Å²) in [6.07, 6.45) is 1.59. The number of nitrogens with one attached hydrogen (secondary N) is 2. The van der Waals surface area contributed by atoms with Gasteiger partial charge in [0.05, 0.1) is 67.8 Å². The molecule has 10 rings (SSSR count). The van der Waals surface area contributed by atoms with Gasteiger partial charge in [0.25, 0.3) is 53.4 Å². The molecule has 4 amide bonds. The van der Waals surface area contributed by atoms with Gasteiger partial charge in [-0.15, -0.1) is 30.7 Å². The van der Waals surface area contributed by atoms with E-state index in [1.807, 2.05) is 192 Å². The smallest absolute Gasteiger partial charge is 0.259 e. The van der Waals surface area contributed by atoms with Crippen LogP contribution in [0.5, 0.6) is 0 Å². The molecule has 18 N–H and O–H groups in total. The van der Waals surface area contributed by atoms with Gasteiger partial charge in [0.15, 0.2) is 23.0 Å². The molecule has 0 spiro atoms. The summed E-state index contributed by atoms with van der Waals surface area (Å²) in [7, 11) is 0. The Morgan fingerprint density at radius 1 is 0.405 bits per heavy atom. The Kier molecular flexibility index (Phi) is 32.7. The Balaban J connectivity index is 0.000000343. The minimum atomic E-state index is -0.819. The number of nitrogens with zero attached hydrogens (tertiary/aromatic N) is 25. The molecule has 131 heavy (non-hydrogen) atoms. The first kappa shape index (κ1) is 102. The minimum absolute atomic E-state index is 0.00750. The average Bonchev–Trinajstić information content (AvgIpc) is 1.61. The van der Waals surface area contributed by atoms with Gasteiger partial charge < -0.3 is 76.2 Å². The molecule has 0 fully saturated rings. The number of nitrogen functional groups attached to an aromatic ring is 5. The van der Waals surface area contributed by atoms with Crippen molar-refractivity contribution in [2.24, 2.45) is 63.7 Å². The summed E-state index contributed by atoms with van der Waals surface area (Å²) >= 11 is 0. The number of aromatic nitrogens is 14. The van der Waals surface area contributed by atoms with Crippen LogP contribution < -0.4 is 51.2 Å². The lowest BCUT2D eigenvalue weighted by Crippen LogP contribution is -2.30. The first-order valence-electron chi connectivity index (χ1n) is 43.6. The molecule has 698 valence electrons. The van der Waals surface area contributed by atoms with Gasteiger partial charge in [-0.1, -0.05) is 173 Å². The molecule has 0 saturated carbocycles. The van der Waals surface area contributed by atoms with Crippen LogP contribution in [0.3, 0.4) is 0 Å². The van der Waals surface area contributed by atoms with Crippen LogP contribution in [0.4, 0.5) is 69.3 Å². The number of hydrogen-bond donors (Lipinski definition) is 10. The number of allylic oxidation sites excluding steroid dienone is 2. The molecule has 39 heteroatoms. The number of amides is 4. The van der Waals surface area contributed by atoms with E-state index in [1.54, 1.807) is 123 Å². The molecule has 4 aromatic carbocycles. The summed E-state index contributed by atoms with van der Waals surface area (Å²) in [5.41, 5.74) is 54.9. The van der Waals surface area contributed by atoms with Crippen LogP contribution in [0.15, 0.2) is 168 Å². The first-order chi connectivity index (χ1) is 61.3. The van der Waals surface area contributed by atoms with Gasteiger partial charge in [0.2, 0.25) is 5.95 Å². The lowest BCUT2D eigenvalue weighted by Gasteiger charge is -2.21. The molecule has 39 nitrogen and oxygen atoms in total. The molecule has 0 atom stereocenters. The molecule has 0 radical (unpaired) electrons. The zero-order valence-electron chi connectivity index (χ0n) is 80.6. The number of amidine groups is 1. The van der Waals surface area contributed by atoms with E-state index < -0.39 is 16.2 Å². The standard InChI is InChI=1S/C57H77N21O3.C24H38N12.C11H16N2O/c1-16-74(17-2)49(79)34-28-22-25-31-37(34)66-69-40(43(58)55(7,8)9)46(59)62-52-63-53(77-47(60)41(44(72-77)56(10,11)12)70-67-38-32-26-23-29-35(38)50(80)75(18-3)19-4)65-54(64-52)78-48(61)42(45(73-78)57(13,14)15)71-68-39-33-27-24-30-36(39)51(81)76(20-5)21-6;1-22(2,3)13(25)10-16(26)29-19-30-20(35-17(27)11-14(33-35)23(4,5)6)32-21(31-19)36-18(28)12-15(34-36)24(7,8)9;1-3-13(4-2)11(14)9-7-5-6-8-10(9)12/h22-33,58H,16-21,59-61H2,1-15H3,(H,62,63,64,65);10-12H,25,27-28H2,1-9H3,(H2,26,29,30,31,32);5-8H,3-4,12H2,1-2H3/b46-40+,58-43?,69-66?,70-67?,71-68?;;. The van der Waals surface area contributed by atoms with Crippen molar-refractivity contribution in [3.8, 4) is 23.8 Å². The second-order valence-electron chi connectivity index (χ2n) is 36.8. The van der Waals surface area contributed by atoms with E-state index in [4.69, 9.17) is 71.0 Å². The van der Waals surface area contributed by atoms with Crippen LogP contribution in [0.25, 0.3) is 23.8 Å². The molecule has 0 unspecified atom stereocenters. The molecule has 0 aliphatic heterocycles. The van der Waals surface area contributed by atoms with E-state index in [-0.39, 0.29) is 127 Å². The molecule has 6 aromatic heterocycles. The molecular weight excluding hydrogens is 1660 g/mol. The van der Waals surface area contributed by atoms with Gasteiger partial charge in [0.1, 0.15) is 29.0 Å². The summed E-state index contributed by atoms with van der Waals surface area (Å²) in [6, 6.07) is 31.4. The van der Waals surface area contributed by atoms with E-state index in [0.29, 0.717) is 120 Å². The van der Waals surface area contributed by atoms with E-state index in [1.165, 1.54) is 18.7 Å². The average molecular weight is 1790 g/mol. The fourth-order valence-corrected chi connectivity index (χ4v) is 12.6. The van der Waals surface area contributed by atoms with Crippen molar-refractivity contribution in [2.75, 3.05) is 86.3 Å². The summed E-state index contributed by atoms with van der Waals surface area (Å²) < 4.78 is 5.42. The third kappa shape index (κ3) is 24.9. The van der Waals surface area contributed by atoms with E-state index in [2.05, 4.69) is 66.1 Å². The number of benzene rings is 4. The highest BCUT2D eigenvalue weighted by molar-refractivity contribution is 6.03. The van der Waals surface area contributed by atoms with Crippen molar-refractivity contribution in [3.05, 3.63) is 178 Å². The zero-order chi connectivity index (χ0) is 97.5. The second-order valence-corrected chi connectivity index (χ2v) is 36.8. The Hall–Kier alpha value is -14.6. The number of anilines is 6. The highest BCUT2D eigenvalue weighted by Crippen LogP contribution is 2.42. The number of carbonyl (C=O) groups is 4. The maximum atomic E-state index is 13.6. The normalized spacial score (nSPS) is 12.7. The van der Waals surface area contributed by atoms with Crippen molar-refractivity contribution >= 4 is 104 Å². The maximum Gasteiger partial charge on any atom is 0.259 e. The molecule has 0 aliphatic rings. The number of para-hydroxylation sites is 1. The number of carbonyl (C=O) groups excluding carboxylic acids is 4. The Morgan fingerprint density at radius 2 is 0.733 bits per heavy atom. The quantitative estimate of drug-likeness (QED) is 0.00989. The van der Waals surface area contributed by atoms with Crippen LogP contribution in [0.1, 0.15) is 244 Å². The van der Waals surface area contributed by atoms with Crippen molar-refractivity contribution < 1.29 is 19.2 Å². The fourth-order valence-electron chi connectivity index (χ4n) is 12.6. The third-order valence-corrected chi connectivity index (χ3v) is 20.6. The molecule has 6 heterocycles. The van der Waals surface area contributed by atoms with Crippen LogP contribution in [-0.4, -0.2) is 176 Å². The first-order valence-corrected chi connectivity index (χ1v) is 43.6. The SMILES string of the molecule is CC(C)(C)C(N)=CC(N)=Nc1nc(-n2nc(C(C)(C)C)cc2N)nc(-n2nc(C(C)(C)C)cc2N)n1.CCN(CC)C(=O)c1ccccc1N.CCN(CC)C(=O)c1ccccc1N=N/C(C(=N)C(C)(C)C)=C(\N)Nc1nc(-n2nc(C(C)(C)C)c(N=Nc3ccccc3C(=O)N(CC)CC)c2N)nc(-n2nc(C(C)(C)C)c(N=Nc3ccccc3C(=O)N(CC)CC)c2N)n1. The second kappa shape index (κ2) is 42.1. The maximum absolute atomic E-state index is 13.6. The third-order valence-electron chi connectivity index (χ3n) is 20.6. The van der Waals surface area contributed by atoms with Crippen molar-refractivity contribution in [1.29, 1.82) is 5.41 Å². The molecule has 0 saturated heterocycles. The molecule has 0 aliphatic carbocycles. The largest absolute Gasteiger partial charge is 0.401 e. The van der Waals surface area contributed by atoms with Gasteiger partial charge >= 0.3 is 0 Å². The van der Waals surface area contributed by atoms with Crippen LogP contribution in [0, 0.1) is 16.2 Å². The van der Waals surface area contributed by atoms with Crippen molar-refractivity contribution in [1.82, 2.24) is 88.6 Å². The molecule has 0 bridgehead atoms. The molecular formula is C92H131N35O4. The fraction of sp³-hybridized carbons (Fsp3) is 0.435. The Labute approximate surface area is 766 Å². The highest BCUT2D eigenvalue weighted by atomic mass is 16.2. The van der Waals surface area contributed by atoms with Gasteiger partial charge in [0, 0.05) is 108 Å². The zero-order valence-corrected chi connectivity index (χ0v) is 80.6. The van der Waals surface area contributed by atoms with E-state index >= 15 is 0 Å². The van der Waals surface area contributed by atoms with Crippen molar-refractivity contribution in [3.63, 3.8) is 0 Å². The number of rotatable bonds is 27. The van der Waals surface area contributed by atoms with Crippen LogP contribution >= 0.6 is 0 Å². The van der Waals surface area contributed by atoms with Gasteiger partial charge in [-0.2, -0.15) is 74.0 Å². The summed E-state index contributed by atoms with van der Waals surface area (Å²) in [5.74, 6) is -0.196. The van der Waals surface area contributed by atoms with Crippen LogP contribution in [0.2, 0.25) is 0 Å². The number of azo groups is 3. The van der Waals surface area contributed by atoms with Gasteiger partial charge in [-0.3, -0.25) is 19.2 Å². The van der Waals surface area contributed by atoms with Crippen LogP contribution in [-0.2, 0) is 21.7 Å². The number of hydrogen-bond acceptors (Lipinski definition) is 30. The van der Waals surface area contributed by atoms with Gasteiger partial charge in [-0.25, -0.2) is 0 Å². The summed E-state index contributed by atoms with van der Waals surface area (Å²) in [4.78, 5) is 91.9. The topological polar surface area (TPSA) is 560 Å². The summed E-state index contributed by atoms with van der Waals surface area (Å²) in [6.45, 7) is 54.9. The monoisotopic (exact) mass is 1790 g/mol. The lowest BCUT2D eigenvalue weighted by molar-refractivity contribution is 0.0765. The predicted molar refractivity (Wildman–Crippen MR) is 518 cm³/mol. The molecule has 10 aromatic rings. The minimum Gasteiger partial charge on any atom is -0.401 e. The Bertz CT molecular complexity index is 5720. The predicted octanol–water partition coefficient (Wildman–Crippen LogP) is 16.3. The van der Waals surface area contributed by atoms with E-state index in [0.717, 1.165) is 11.4 Å². The van der Waals surface area contributed by atoms with Gasteiger partial charge in [-0.05, 0) is 110 Å². The van der Waals surface area contributed by atoms with Crippen molar-refractivity contribution in [2.45, 2.75) is 202 Å². The highest BCUT2D eigenvalue weighted by Gasteiger charge is 2.34. The summed E-state index contributed by atoms with van der Waals surface area (Å²) in [5, 5.41) is 59.0. The number of aliphatic imine (C=N–C) groups is 1. The number of nitrogens with two attached hydrogens (primary N) is 8. The Morgan fingerprint density at radius 3 is 1.05 bits per heavy atom.